The maximum absolute atomic E-state index is 13.2. The summed E-state index contributed by atoms with van der Waals surface area (Å²) in [5, 5.41) is 0.850. The molecule has 0 atom stereocenters. The molecule has 1 fully saturated rings. The molecule has 0 aliphatic carbocycles. The van der Waals surface area contributed by atoms with Crippen LogP contribution in [0.2, 0.25) is 0 Å². The van der Waals surface area contributed by atoms with E-state index in [0.29, 0.717) is 0 Å². The lowest BCUT2D eigenvalue weighted by Gasteiger charge is -2.34. The molecule has 1 aliphatic rings. The van der Waals surface area contributed by atoms with Crippen molar-refractivity contribution in [2.45, 2.75) is 33.9 Å². The first-order chi connectivity index (χ1) is 13.5. The molecule has 28 heavy (non-hydrogen) atoms. The van der Waals surface area contributed by atoms with E-state index in [1.807, 2.05) is 19.9 Å². The molecule has 0 radical (unpaired) electrons. The van der Waals surface area contributed by atoms with Crippen molar-refractivity contribution in [3.05, 3.63) is 80.6 Å². The predicted molar refractivity (Wildman–Crippen MR) is 116 cm³/mol. The van der Waals surface area contributed by atoms with E-state index in [1.165, 1.54) is 5.56 Å². The van der Waals surface area contributed by atoms with Crippen molar-refractivity contribution in [3.63, 3.8) is 0 Å². The van der Waals surface area contributed by atoms with Gasteiger partial charge in [0, 0.05) is 55.9 Å². The summed E-state index contributed by atoms with van der Waals surface area (Å²) in [5.74, 6) is 0. The Labute approximate surface area is 166 Å². The maximum atomic E-state index is 13.2. The summed E-state index contributed by atoms with van der Waals surface area (Å²) in [6.45, 7) is 11.9. The zero-order valence-corrected chi connectivity index (χ0v) is 17.1. The number of nitrogens with one attached hydrogen (secondary N) is 1. The fraction of sp³-hybridized carbons (Fsp3) is 0.375. The molecule has 0 bridgehead atoms. The maximum Gasteiger partial charge on any atom is 0.194 e. The molecular weight excluding hydrogens is 346 g/mol. The molecule has 0 amide bonds. The van der Waals surface area contributed by atoms with Crippen LogP contribution in [0.4, 0.5) is 0 Å². The predicted octanol–water partition coefficient (Wildman–Crippen LogP) is 3.77. The van der Waals surface area contributed by atoms with E-state index in [0.717, 1.165) is 72.6 Å². The third kappa shape index (κ3) is 3.75. The summed E-state index contributed by atoms with van der Waals surface area (Å²) >= 11 is 0. The van der Waals surface area contributed by atoms with Gasteiger partial charge in [0.1, 0.15) is 0 Å². The van der Waals surface area contributed by atoms with Crippen molar-refractivity contribution in [2.75, 3.05) is 26.2 Å². The number of benzene rings is 2. The highest BCUT2D eigenvalue weighted by Gasteiger charge is 2.20. The summed E-state index contributed by atoms with van der Waals surface area (Å²) in [6, 6.07) is 14.8. The number of H-pyrrole nitrogens is 1. The van der Waals surface area contributed by atoms with Gasteiger partial charge < -0.3 is 4.98 Å². The number of aromatic nitrogens is 1. The van der Waals surface area contributed by atoms with Gasteiger partial charge in [0.2, 0.25) is 0 Å². The van der Waals surface area contributed by atoms with E-state index in [4.69, 9.17) is 0 Å². The van der Waals surface area contributed by atoms with E-state index in [2.05, 4.69) is 58.1 Å². The monoisotopic (exact) mass is 375 g/mol. The number of nitrogens with zero attached hydrogens (tertiary/aromatic N) is 2. The summed E-state index contributed by atoms with van der Waals surface area (Å²) in [7, 11) is 0. The molecule has 4 nitrogen and oxygen atoms in total. The zero-order valence-electron chi connectivity index (χ0n) is 17.1. The molecule has 0 spiro atoms. The fourth-order valence-corrected chi connectivity index (χ4v) is 4.21. The third-order valence-electron chi connectivity index (χ3n) is 5.98. The summed E-state index contributed by atoms with van der Waals surface area (Å²) in [6.07, 6.45) is 0. The Morgan fingerprint density at radius 2 is 1.43 bits per heavy atom. The van der Waals surface area contributed by atoms with E-state index >= 15 is 0 Å². The van der Waals surface area contributed by atoms with Gasteiger partial charge in [-0.2, -0.15) is 0 Å². The number of aromatic amines is 1. The van der Waals surface area contributed by atoms with E-state index < -0.39 is 0 Å². The van der Waals surface area contributed by atoms with Crippen molar-refractivity contribution in [1.82, 2.24) is 14.8 Å². The molecule has 0 unspecified atom stereocenters. The molecule has 1 saturated heterocycles. The van der Waals surface area contributed by atoms with Gasteiger partial charge in [-0.05, 0) is 37.5 Å². The summed E-state index contributed by atoms with van der Waals surface area (Å²) in [5.41, 5.74) is 6.63. The van der Waals surface area contributed by atoms with Crippen LogP contribution >= 0.6 is 0 Å². The normalized spacial score (nSPS) is 16.0. The molecule has 0 saturated carbocycles. The van der Waals surface area contributed by atoms with Crippen LogP contribution in [0, 0.1) is 20.8 Å². The lowest BCUT2D eigenvalue weighted by atomic mass is 10.0. The number of fused-ring (bicyclic) bond motifs is 1. The molecular formula is C24H29N3O. The minimum atomic E-state index is 0.194. The molecule has 3 aromatic rings. The standard InChI is InChI=1S/C24H29N3O/c1-17-9-10-18(2)23-22(17)24(28)21(19(3)25-23)16-27-13-11-26(12-14-27)15-20-7-5-4-6-8-20/h4-10H,11-16H2,1-3H3,(H,25,28). The van der Waals surface area contributed by atoms with Gasteiger partial charge in [-0.3, -0.25) is 14.6 Å². The quantitative estimate of drug-likeness (QED) is 0.754. The van der Waals surface area contributed by atoms with Gasteiger partial charge in [-0.15, -0.1) is 0 Å². The van der Waals surface area contributed by atoms with Crippen LogP contribution < -0.4 is 5.43 Å². The van der Waals surface area contributed by atoms with Crippen molar-refractivity contribution < 1.29 is 0 Å². The van der Waals surface area contributed by atoms with Gasteiger partial charge >= 0.3 is 0 Å². The number of rotatable bonds is 4. The Morgan fingerprint density at radius 1 is 0.821 bits per heavy atom. The minimum Gasteiger partial charge on any atom is -0.358 e. The van der Waals surface area contributed by atoms with Crippen LogP contribution in [0.3, 0.4) is 0 Å². The van der Waals surface area contributed by atoms with Gasteiger partial charge in [0.15, 0.2) is 5.43 Å². The number of aryl methyl sites for hydroxylation is 3. The molecule has 4 heteroatoms. The second-order valence-electron chi connectivity index (χ2n) is 8.04. The van der Waals surface area contributed by atoms with Crippen molar-refractivity contribution in [3.8, 4) is 0 Å². The van der Waals surface area contributed by atoms with Gasteiger partial charge in [-0.25, -0.2) is 0 Å². The molecule has 1 aromatic heterocycles. The van der Waals surface area contributed by atoms with Crippen molar-refractivity contribution >= 4 is 10.9 Å². The van der Waals surface area contributed by atoms with E-state index in [-0.39, 0.29) is 5.43 Å². The Kier molecular flexibility index (Phi) is 5.33. The largest absolute Gasteiger partial charge is 0.358 e. The molecule has 1 aliphatic heterocycles. The Morgan fingerprint density at radius 3 is 2.11 bits per heavy atom. The first-order valence-electron chi connectivity index (χ1n) is 10.1. The second-order valence-corrected chi connectivity index (χ2v) is 8.04. The lowest BCUT2D eigenvalue weighted by molar-refractivity contribution is 0.121. The average Bonchev–Trinajstić information content (AvgIpc) is 2.70. The lowest BCUT2D eigenvalue weighted by Crippen LogP contribution is -2.46. The van der Waals surface area contributed by atoms with Gasteiger partial charge in [-0.1, -0.05) is 42.5 Å². The highest BCUT2D eigenvalue weighted by molar-refractivity contribution is 5.85. The van der Waals surface area contributed by atoms with Crippen molar-refractivity contribution in [1.29, 1.82) is 0 Å². The van der Waals surface area contributed by atoms with Crippen LogP contribution in [-0.4, -0.2) is 41.0 Å². The number of piperazine rings is 1. The van der Waals surface area contributed by atoms with Crippen LogP contribution in [0.25, 0.3) is 10.9 Å². The first kappa shape index (κ1) is 18.9. The van der Waals surface area contributed by atoms with Gasteiger partial charge in [0.25, 0.3) is 0 Å². The van der Waals surface area contributed by atoms with Gasteiger partial charge in [0.05, 0.1) is 5.52 Å². The molecule has 1 N–H and O–H groups in total. The Balaban J connectivity index is 1.49. The third-order valence-corrected chi connectivity index (χ3v) is 5.98. The van der Waals surface area contributed by atoms with Crippen LogP contribution in [-0.2, 0) is 13.1 Å². The van der Waals surface area contributed by atoms with E-state index in [9.17, 15) is 4.79 Å². The minimum absolute atomic E-state index is 0.194. The average molecular weight is 376 g/mol. The fourth-order valence-electron chi connectivity index (χ4n) is 4.21. The topological polar surface area (TPSA) is 39.3 Å². The van der Waals surface area contributed by atoms with Crippen LogP contribution in [0.5, 0.6) is 0 Å². The SMILES string of the molecule is Cc1[nH]c2c(C)ccc(C)c2c(=O)c1CN1CCN(Cc2ccccc2)CC1. The number of pyridine rings is 1. The molecule has 2 aromatic carbocycles. The highest BCUT2D eigenvalue weighted by Crippen LogP contribution is 2.20. The Hall–Kier alpha value is -2.43. The zero-order chi connectivity index (χ0) is 19.7. The summed E-state index contributed by atoms with van der Waals surface area (Å²) < 4.78 is 0. The second kappa shape index (κ2) is 7.90. The first-order valence-corrected chi connectivity index (χ1v) is 10.1. The Bertz CT molecular complexity index is 1030. The molecule has 146 valence electrons. The van der Waals surface area contributed by atoms with Crippen LogP contribution in [0.1, 0.15) is 27.9 Å². The van der Waals surface area contributed by atoms with Crippen LogP contribution in [0.15, 0.2) is 47.3 Å². The van der Waals surface area contributed by atoms with Crippen molar-refractivity contribution in [2.24, 2.45) is 0 Å². The molecule has 4 rings (SSSR count). The number of hydrogen-bond donors (Lipinski definition) is 1. The number of hydrogen-bond acceptors (Lipinski definition) is 3. The van der Waals surface area contributed by atoms with E-state index in [1.54, 1.807) is 0 Å². The highest BCUT2D eigenvalue weighted by atomic mass is 16.1. The smallest absolute Gasteiger partial charge is 0.194 e. The summed E-state index contributed by atoms with van der Waals surface area (Å²) in [4.78, 5) is 21.7. The molecule has 2 heterocycles.